The lowest BCUT2D eigenvalue weighted by atomic mass is 10.2. The van der Waals surface area contributed by atoms with Crippen molar-refractivity contribution in [1.29, 1.82) is 0 Å². The number of nitrogens with one attached hydrogen (secondary N) is 1. The maximum atomic E-state index is 6.14. The summed E-state index contributed by atoms with van der Waals surface area (Å²) in [4.78, 5) is 0. The molecular formula is C15H14BrCl2NO. The summed E-state index contributed by atoms with van der Waals surface area (Å²) in [6.07, 6.45) is 0. The summed E-state index contributed by atoms with van der Waals surface area (Å²) in [7, 11) is 1.90. The van der Waals surface area contributed by atoms with Gasteiger partial charge in [0.25, 0.3) is 0 Å². The van der Waals surface area contributed by atoms with Crippen molar-refractivity contribution in [3.63, 3.8) is 0 Å². The first kappa shape index (κ1) is 15.6. The molecule has 0 aliphatic carbocycles. The molecule has 0 amide bonds. The Hall–Kier alpha value is -0.740. The number of benzene rings is 2. The molecule has 2 nitrogen and oxygen atoms in total. The fourth-order valence-corrected chi connectivity index (χ4v) is 2.68. The third-order valence-electron chi connectivity index (χ3n) is 2.79. The molecule has 0 aromatic heterocycles. The third-order valence-corrected chi connectivity index (χ3v) is 3.87. The maximum absolute atomic E-state index is 6.14. The third kappa shape index (κ3) is 4.13. The predicted molar refractivity (Wildman–Crippen MR) is 87.7 cm³/mol. The van der Waals surface area contributed by atoms with Gasteiger partial charge in [0.15, 0.2) is 0 Å². The Balaban J connectivity index is 2.14. The lowest BCUT2D eigenvalue weighted by molar-refractivity contribution is 0.302. The van der Waals surface area contributed by atoms with Crippen molar-refractivity contribution >= 4 is 39.1 Å². The van der Waals surface area contributed by atoms with E-state index in [1.807, 2.05) is 37.4 Å². The second-order valence-corrected chi connectivity index (χ2v) is 6.07. The number of halogens is 3. The van der Waals surface area contributed by atoms with E-state index in [0.717, 1.165) is 27.9 Å². The molecule has 5 heteroatoms. The molecule has 0 fully saturated rings. The smallest absolute Gasteiger partial charge is 0.124 e. The molecule has 0 aliphatic heterocycles. The second kappa shape index (κ2) is 7.32. The van der Waals surface area contributed by atoms with Gasteiger partial charge in [-0.05, 0) is 37.4 Å². The van der Waals surface area contributed by atoms with E-state index in [1.54, 1.807) is 6.07 Å². The van der Waals surface area contributed by atoms with Gasteiger partial charge in [-0.1, -0.05) is 45.2 Å². The van der Waals surface area contributed by atoms with Gasteiger partial charge in [0.2, 0.25) is 0 Å². The van der Waals surface area contributed by atoms with Gasteiger partial charge in [0, 0.05) is 32.2 Å². The van der Waals surface area contributed by atoms with E-state index in [9.17, 15) is 0 Å². The Morgan fingerprint density at radius 2 is 1.90 bits per heavy atom. The van der Waals surface area contributed by atoms with Crippen LogP contribution in [0.2, 0.25) is 10.0 Å². The fraction of sp³-hybridized carbons (Fsp3) is 0.200. The van der Waals surface area contributed by atoms with E-state index in [-0.39, 0.29) is 0 Å². The highest BCUT2D eigenvalue weighted by Crippen LogP contribution is 2.26. The van der Waals surface area contributed by atoms with Gasteiger partial charge in [0.05, 0.1) is 0 Å². The van der Waals surface area contributed by atoms with Crippen LogP contribution in [0.1, 0.15) is 11.1 Å². The lowest BCUT2D eigenvalue weighted by Gasteiger charge is -2.13. The van der Waals surface area contributed by atoms with Crippen LogP contribution in [-0.2, 0) is 13.2 Å². The summed E-state index contributed by atoms with van der Waals surface area (Å²) >= 11 is 15.5. The van der Waals surface area contributed by atoms with Gasteiger partial charge in [0.1, 0.15) is 12.4 Å². The number of hydrogen-bond donors (Lipinski definition) is 1. The molecule has 0 aliphatic rings. The van der Waals surface area contributed by atoms with Crippen LogP contribution in [0, 0.1) is 0 Å². The van der Waals surface area contributed by atoms with Crippen LogP contribution < -0.4 is 10.1 Å². The molecule has 0 radical (unpaired) electrons. The Morgan fingerprint density at radius 3 is 2.60 bits per heavy atom. The molecule has 0 spiro atoms. The average molecular weight is 375 g/mol. The predicted octanol–water partition coefficient (Wildman–Crippen LogP) is 5.05. The van der Waals surface area contributed by atoms with Crippen molar-refractivity contribution in [3.8, 4) is 5.75 Å². The van der Waals surface area contributed by atoms with Gasteiger partial charge < -0.3 is 10.1 Å². The summed E-state index contributed by atoms with van der Waals surface area (Å²) < 4.78 is 6.89. The standard InChI is InChI=1S/C15H14BrCl2NO/c1-19-8-11-6-12(16)3-5-15(11)20-9-10-2-4-13(17)7-14(10)18/h2-7,19H,8-9H2,1H3. The van der Waals surface area contributed by atoms with Crippen LogP contribution in [0.5, 0.6) is 5.75 Å². The normalized spacial score (nSPS) is 10.6. The topological polar surface area (TPSA) is 21.3 Å². The number of hydrogen-bond acceptors (Lipinski definition) is 2. The minimum atomic E-state index is 0.411. The zero-order valence-corrected chi connectivity index (χ0v) is 14.0. The van der Waals surface area contributed by atoms with Crippen molar-refractivity contribution < 1.29 is 4.74 Å². The first-order chi connectivity index (χ1) is 9.60. The minimum absolute atomic E-state index is 0.411. The molecular weight excluding hydrogens is 361 g/mol. The van der Waals surface area contributed by atoms with E-state index in [4.69, 9.17) is 27.9 Å². The SMILES string of the molecule is CNCc1cc(Br)ccc1OCc1ccc(Cl)cc1Cl. The maximum Gasteiger partial charge on any atom is 0.124 e. The van der Waals surface area contributed by atoms with Crippen molar-refractivity contribution in [2.75, 3.05) is 7.05 Å². The summed E-state index contributed by atoms with van der Waals surface area (Å²) in [6.45, 7) is 1.15. The molecule has 2 aromatic carbocycles. The molecule has 0 saturated carbocycles. The summed E-state index contributed by atoms with van der Waals surface area (Å²) in [5, 5.41) is 4.36. The molecule has 0 heterocycles. The first-order valence-electron chi connectivity index (χ1n) is 6.10. The van der Waals surface area contributed by atoms with E-state index < -0.39 is 0 Å². The zero-order valence-electron chi connectivity index (χ0n) is 10.9. The summed E-state index contributed by atoms with van der Waals surface area (Å²) in [6, 6.07) is 11.3. The molecule has 0 unspecified atom stereocenters. The Kier molecular flexibility index (Phi) is 5.73. The molecule has 0 atom stereocenters. The summed E-state index contributed by atoms with van der Waals surface area (Å²) in [5.74, 6) is 0.841. The van der Waals surface area contributed by atoms with Gasteiger partial charge >= 0.3 is 0 Å². The van der Waals surface area contributed by atoms with Crippen molar-refractivity contribution in [1.82, 2.24) is 5.32 Å². The van der Waals surface area contributed by atoms with Crippen LogP contribution in [0.3, 0.4) is 0 Å². The van der Waals surface area contributed by atoms with Crippen molar-refractivity contribution in [3.05, 3.63) is 62.0 Å². The fourth-order valence-electron chi connectivity index (χ4n) is 1.81. The molecule has 106 valence electrons. The highest BCUT2D eigenvalue weighted by atomic mass is 79.9. The van der Waals surface area contributed by atoms with Crippen LogP contribution in [-0.4, -0.2) is 7.05 Å². The van der Waals surface area contributed by atoms with Crippen molar-refractivity contribution in [2.45, 2.75) is 13.2 Å². The van der Waals surface area contributed by atoms with Crippen LogP contribution >= 0.6 is 39.1 Å². The molecule has 0 bridgehead atoms. The highest BCUT2D eigenvalue weighted by molar-refractivity contribution is 9.10. The van der Waals surface area contributed by atoms with Gasteiger partial charge in [-0.3, -0.25) is 0 Å². The van der Waals surface area contributed by atoms with Crippen LogP contribution in [0.4, 0.5) is 0 Å². The first-order valence-corrected chi connectivity index (χ1v) is 7.65. The second-order valence-electron chi connectivity index (χ2n) is 4.31. The van der Waals surface area contributed by atoms with E-state index >= 15 is 0 Å². The quantitative estimate of drug-likeness (QED) is 0.790. The minimum Gasteiger partial charge on any atom is -0.489 e. The van der Waals surface area contributed by atoms with Crippen LogP contribution in [0.25, 0.3) is 0 Å². The summed E-state index contributed by atoms with van der Waals surface area (Å²) in [5.41, 5.74) is 2.00. The Morgan fingerprint density at radius 1 is 1.10 bits per heavy atom. The Bertz CT molecular complexity index is 604. The van der Waals surface area contributed by atoms with E-state index in [1.165, 1.54) is 0 Å². The van der Waals surface area contributed by atoms with Gasteiger partial charge in [-0.25, -0.2) is 0 Å². The van der Waals surface area contributed by atoms with Gasteiger partial charge in [-0.15, -0.1) is 0 Å². The Labute approximate surface area is 137 Å². The lowest BCUT2D eigenvalue weighted by Crippen LogP contribution is -2.07. The molecule has 20 heavy (non-hydrogen) atoms. The van der Waals surface area contributed by atoms with Gasteiger partial charge in [-0.2, -0.15) is 0 Å². The van der Waals surface area contributed by atoms with Crippen LogP contribution in [0.15, 0.2) is 40.9 Å². The number of ether oxygens (including phenoxy) is 1. The van der Waals surface area contributed by atoms with Crippen molar-refractivity contribution in [2.24, 2.45) is 0 Å². The highest BCUT2D eigenvalue weighted by Gasteiger charge is 2.06. The largest absolute Gasteiger partial charge is 0.489 e. The molecule has 0 saturated heterocycles. The molecule has 1 N–H and O–H groups in total. The van der Waals surface area contributed by atoms with E-state index in [2.05, 4.69) is 21.2 Å². The number of rotatable bonds is 5. The molecule has 2 aromatic rings. The molecule has 2 rings (SSSR count). The van der Waals surface area contributed by atoms with E-state index in [0.29, 0.717) is 16.7 Å². The monoisotopic (exact) mass is 373 g/mol. The zero-order chi connectivity index (χ0) is 14.5. The average Bonchev–Trinajstić information content (AvgIpc) is 2.40.